The molecule has 0 atom stereocenters. The molecule has 0 aliphatic carbocycles. The summed E-state index contributed by atoms with van der Waals surface area (Å²) in [6, 6.07) is 13.6. The van der Waals surface area contributed by atoms with Crippen LogP contribution < -0.4 is 10.4 Å². The van der Waals surface area contributed by atoms with Gasteiger partial charge in [0.15, 0.2) is 0 Å². The van der Waals surface area contributed by atoms with Gasteiger partial charge in [-0.3, -0.25) is 5.41 Å². The summed E-state index contributed by atoms with van der Waals surface area (Å²) in [5.41, 5.74) is 2.16. The van der Waals surface area contributed by atoms with Crippen LogP contribution in [0.5, 0.6) is 5.75 Å². The Kier molecular flexibility index (Phi) is 4.43. The molecule has 0 aliphatic rings. The Morgan fingerprint density at radius 1 is 0.957 bits per heavy atom. The van der Waals surface area contributed by atoms with E-state index in [1.165, 1.54) is 12.1 Å². The van der Waals surface area contributed by atoms with Crippen molar-refractivity contribution in [3.63, 3.8) is 0 Å². The number of hydrogen-bond donors (Lipinski definition) is 2. The minimum Gasteiger partial charge on any atom is -0.492 e. The number of ether oxygens (including phenoxy) is 1. The highest BCUT2D eigenvalue weighted by molar-refractivity contribution is 5.75. The van der Waals surface area contributed by atoms with Crippen LogP contribution in [0, 0.1) is 11.2 Å². The number of halogens is 1. The number of rotatable bonds is 6. The quantitative estimate of drug-likeness (QED) is 0.732. The van der Waals surface area contributed by atoms with Gasteiger partial charge >= 0.3 is 0 Å². The van der Waals surface area contributed by atoms with E-state index in [0.717, 1.165) is 11.0 Å². The van der Waals surface area contributed by atoms with Crippen LogP contribution in [-0.4, -0.2) is 27.5 Å². The van der Waals surface area contributed by atoms with Gasteiger partial charge in [-0.15, -0.1) is 0 Å². The van der Waals surface area contributed by atoms with E-state index in [0.29, 0.717) is 31.1 Å². The summed E-state index contributed by atoms with van der Waals surface area (Å²) >= 11 is 0. The summed E-state index contributed by atoms with van der Waals surface area (Å²) < 4.78 is 22.1. The summed E-state index contributed by atoms with van der Waals surface area (Å²) in [5.74, 6) is 0.296. The molecule has 6 heteroatoms. The summed E-state index contributed by atoms with van der Waals surface area (Å²) in [6.45, 7) is 1.23. The Morgan fingerprint density at radius 3 is 2.17 bits per heavy atom. The van der Waals surface area contributed by atoms with Crippen molar-refractivity contribution in [1.29, 1.82) is 5.41 Å². The number of hydrogen-bond acceptors (Lipinski definition) is 3. The second-order valence-electron chi connectivity index (χ2n) is 5.14. The van der Waals surface area contributed by atoms with Gasteiger partial charge in [-0.05, 0) is 36.4 Å². The standard InChI is InChI=1S/C17H18FN3O2/c18-13-5-7-14(8-6-13)23-12-10-21-16-4-2-1-3-15(16)20(9-11-22)17(21)19/h1-8,19,22H,9-12H2. The maximum atomic E-state index is 12.9. The van der Waals surface area contributed by atoms with E-state index in [4.69, 9.17) is 10.1 Å². The lowest BCUT2D eigenvalue weighted by atomic mass is 10.3. The molecule has 0 bridgehead atoms. The van der Waals surface area contributed by atoms with E-state index in [2.05, 4.69) is 0 Å². The molecule has 0 aliphatic heterocycles. The lowest BCUT2D eigenvalue weighted by Gasteiger charge is -2.07. The van der Waals surface area contributed by atoms with E-state index < -0.39 is 0 Å². The Hall–Kier alpha value is -2.60. The molecular weight excluding hydrogens is 297 g/mol. The third-order valence-corrected chi connectivity index (χ3v) is 3.70. The highest BCUT2D eigenvalue weighted by Crippen LogP contribution is 2.14. The van der Waals surface area contributed by atoms with E-state index in [1.54, 1.807) is 16.7 Å². The van der Waals surface area contributed by atoms with Crippen LogP contribution in [-0.2, 0) is 13.1 Å². The van der Waals surface area contributed by atoms with Crippen LogP contribution in [0.1, 0.15) is 0 Å². The number of aliphatic hydroxyl groups excluding tert-OH is 1. The highest BCUT2D eigenvalue weighted by Gasteiger charge is 2.09. The zero-order chi connectivity index (χ0) is 16.2. The maximum absolute atomic E-state index is 12.9. The fourth-order valence-electron chi connectivity index (χ4n) is 2.63. The van der Waals surface area contributed by atoms with E-state index in [-0.39, 0.29) is 12.4 Å². The molecule has 0 amide bonds. The number of benzene rings is 2. The molecule has 1 aromatic heterocycles. The van der Waals surface area contributed by atoms with E-state index in [1.807, 2.05) is 28.8 Å². The van der Waals surface area contributed by atoms with Crippen LogP contribution in [0.3, 0.4) is 0 Å². The van der Waals surface area contributed by atoms with Crippen molar-refractivity contribution >= 4 is 11.0 Å². The number of aliphatic hydroxyl groups is 1. The fourth-order valence-corrected chi connectivity index (χ4v) is 2.63. The molecule has 120 valence electrons. The molecule has 0 spiro atoms. The molecule has 3 rings (SSSR count). The maximum Gasteiger partial charge on any atom is 0.203 e. The molecule has 0 fully saturated rings. The van der Waals surface area contributed by atoms with Crippen LogP contribution in [0.4, 0.5) is 4.39 Å². The average Bonchev–Trinajstić information content (AvgIpc) is 2.83. The van der Waals surface area contributed by atoms with Crippen LogP contribution in [0.2, 0.25) is 0 Å². The first-order valence-corrected chi connectivity index (χ1v) is 7.42. The summed E-state index contributed by atoms with van der Waals surface area (Å²) in [5, 5.41) is 17.5. The molecule has 1 heterocycles. The normalized spacial score (nSPS) is 11.0. The minimum atomic E-state index is -0.299. The predicted molar refractivity (Wildman–Crippen MR) is 84.8 cm³/mol. The average molecular weight is 315 g/mol. The number of imidazole rings is 1. The molecule has 2 N–H and O–H groups in total. The van der Waals surface area contributed by atoms with Gasteiger partial charge in [0.1, 0.15) is 18.2 Å². The molecule has 23 heavy (non-hydrogen) atoms. The topological polar surface area (TPSA) is 63.2 Å². The first-order chi connectivity index (χ1) is 11.2. The van der Waals surface area contributed by atoms with Crippen LogP contribution >= 0.6 is 0 Å². The summed E-state index contributed by atoms with van der Waals surface area (Å²) in [6.07, 6.45) is 0. The van der Waals surface area contributed by atoms with Gasteiger partial charge < -0.3 is 19.0 Å². The van der Waals surface area contributed by atoms with Gasteiger partial charge in [0.25, 0.3) is 0 Å². The van der Waals surface area contributed by atoms with Crippen molar-refractivity contribution in [1.82, 2.24) is 9.13 Å². The van der Waals surface area contributed by atoms with Gasteiger partial charge in [0.2, 0.25) is 5.62 Å². The monoisotopic (exact) mass is 315 g/mol. The van der Waals surface area contributed by atoms with Crippen molar-refractivity contribution in [2.45, 2.75) is 13.1 Å². The van der Waals surface area contributed by atoms with Gasteiger partial charge in [-0.2, -0.15) is 0 Å². The Labute approximate surface area is 132 Å². The molecule has 2 aromatic carbocycles. The molecule has 0 radical (unpaired) electrons. The number of nitrogens with one attached hydrogen (secondary N) is 1. The van der Waals surface area contributed by atoms with Crippen molar-refractivity contribution in [3.8, 4) is 5.75 Å². The van der Waals surface area contributed by atoms with Gasteiger partial charge in [-0.25, -0.2) is 4.39 Å². The number of nitrogens with zero attached hydrogens (tertiary/aromatic N) is 2. The predicted octanol–water partition coefficient (Wildman–Crippen LogP) is 2.13. The SMILES string of the molecule is N=c1n(CCO)c2ccccc2n1CCOc1ccc(F)cc1. The third kappa shape index (κ3) is 3.12. The summed E-state index contributed by atoms with van der Waals surface area (Å²) in [4.78, 5) is 0. The zero-order valence-corrected chi connectivity index (χ0v) is 12.6. The largest absolute Gasteiger partial charge is 0.492 e. The van der Waals surface area contributed by atoms with E-state index >= 15 is 0 Å². The van der Waals surface area contributed by atoms with Crippen molar-refractivity contribution < 1.29 is 14.2 Å². The minimum absolute atomic E-state index is 0.0172. The smallest absolute Gasteiger partial charge is 0.203 e. The number of aromatic nitrogens is 2. The van der Waals surface area contributed by atoms with Crippen LogP contribution in [0.15, 0.2) is 48.5 Å². The molecule has 0 saturated carbocycles. The second-order valence-corrected chi connectivity index (χ2v) is 5.14. The summed E-state index contributed by atoms with van der Waals surface area (Å²) in [7, 11) is 0. The first kappa shape index (κ1) is 15.3. The van der Waals surface area contributed by atoms with Crippen molar-refractivity contribution in [2.24, 2.45) is 0 Å². The van der Waals surface area contributed by atoms with E-state index in [9.17, 15) is 9.50 Å². The molecule has 3 aromatic rings. The Balaban J connectivity index is 1.81. The third-order valence-electron chi connectivity index (χ3n) is 3.70. The van der Waals surface area contributed by atoms with Gasteiger partial charge in [0, 0.05) is 6.54 Å². The van der Waals surface area contributed by atoms with Gasteiger partial charge in [0.05, 0.1) is 24.2 Å². The molecule has 0 saturated heterocycles. The fraction of sp³-hybridized carbons (Fsp3) is 0.235. The van der Waals surface area contributed by atoms with Crippen molar-refractivity contribution in [2.75, 3.05) is 13.2 Å². The molecule has 5 nitrogen and oxygen atoms in total. The Morgan fingerprint density at radius 2 is 1.57 bits per heavy atom. The number of fused-ring (bicyclic) bond motifs is 1. The highest BCUT2D eigenvalue weighted by atomic mass is 19.1. The second kappa shape index (κ2) is 6.66. The lowest BCUT2D eigenvalue weighted by Crippen LogP contribution is -2.27. The zero-order valence-electron chi connectivity index (χ0n) is 12.6. The van der Waals surface area contributed by atoms with Gasteiger partial charge in [-0.1, -0.05) is 12.1 Å². The van der Waals surface area contributed by atoms with Crippen LogP contribution in [0.25, 0.3) is 11.0 Å². The lowest BCUT2D eigenvalue weighted by molar-refractivity contribution is 0.272. The molecular formula is C17H18FN3O2. The first-order valence-electron chi connectivity index (χ1n) is 7.42. The molecule has 0 unspecified atom stereocenters. The van der Waals surface area contributed by atoms with Crippen molar-refractivity contribution in [3.05, 3.63) is 60.0 Å². The number of para-hydroxylation sites is 2. The Bertz CT molecular complexity index is 852.